The zero-order chi connectivity index (χ0) is 105. The number of hydrogen-bond donors (Lipinski definition) is 7. The normalized spacial score (nSPS) is 11.7. The summed E-state index contributed by atoms with van der Waals surface area (Å²) in [5.41, 5.74) is 20.0. The van der Waals surface area contributed by atoms with Crippen LogP contribution in [0, 0.1) is 94.5 Å². The number of aromatic carboxylic acids is 1. The minimum Gasteiger partial charge on any atom is -0.508 e. The van der Waals surface area contributed by atoms with Gasteiger partial charge in [-0.05, 0) is 295 Å². The second-order valence-corrected chi connectivity index (χ2v) is 36.0. The summed E-state index contributed by atoms with van der Waals surface area (Å²) < 4.78 is 62.4. The molecule has 722 valence electrons. The average molecular weight is 1960 g/mol. The zero-order valence-electron chi connectivity index (χ0n) is 80.6. The van der Waals surface area contributed by atoms with E-state index in [1.807, 2.05) is 172 Å². The fourth-order valence-electron chi connectivity index (χ4n) is 16.5. The van der Waals surface area contributed by atoms with E-state index in [0.717, 1.165) is 155 Å². The van der Waals surface area contributed by atoms with Crippen LogP contribution in [0.2, 0.25) is 0 Å². The molecule has 0 amide bonds. The lowest BCUT2D eigenvalue weighted by Gasteiger charge is -2.17. The Balaban J connectivity index is 0.000000128. The molecule has 2 aliphatic heterocycles. The molecule has 0 spiro atoms. The van der Waals surface area contributed by atoms with Crippen molar-refractivity contribution in [1.29, 1.82) is 0 Å². The lowest BCUT2D eigenvalue weighted by Crippen LogP contribution is -2.31. The van der Waals surface area contributed by atoms with E-state index in [1.165, 1.54) is 30.1 Å². The molecule has 0 radical (unpaired) electrons. The molecule has 146 heavy (non-hydrogen) atoms. The molecule has 0 saturated carbocycles. The Morgan fingerprint density at radius 2 is 0.863 bits per heavy atom. The number of alkyl halides is 3. The van der Waals surface area contributed by atoms with Gasteiger partial charge in [-0.2, -0.15) is 23.4 Å². The number of aryl methyl sites for hydroxylation is 11. The average Bonchev–Trinajstić information content (AvgIpc) is 1.60. The minimum absolute atomic E-state index is 0.133. The van der Waals surface area contributed by atoms with Crippen LogP contribution in [0.5, 0.6) is 51.7 Å². The fourth-order valence-corrected chi connectivity index (χ4v) is 17.5. The summed E-state index contributed by atoms with van der Waals surface area (Å²) in [5, 5.41) is 90.4. The highest BCUT2D eigenvalue weighted by Crippen LogP contribution is 2.50. The summed E-state index contributed by atoms with van der Waals surface area (Å²) in [4.78, 5) is 53.5. The third-order valence-electron chi connectivity index (χ3n) is 24.5. The van der Waals surface area contributed by atoms with Gasteiger partial charge < -0.3 is 54.5 Å². The predicted octanol–water partition coefficient (Wildman–Crippen LogP) is 28.7. The monoisotopic (exact) mass is 1960 g/mol. The molecule has 21 rings (SSSR count). The highest BCUT2D eigenvalue weighted by molar-refractivity contribution is 7.15. The number of rotatable bonds is 8. The van der Waals surface area contributed by atoms with Gasteiger partial charge in [0.05, 0.1) is 85.5 Å². The van der Waals surface area contributed by atoms with Gasteiger partial charge in [0.15, 0.2) is 56.9 Å². The third kappa shape index (κ3) is 21.0. The molecule has 7 heterocycles. The molecule has 0 atom stereocenters. The van der Waals surface area contributed by atoms with Gasteiger partial charge in [-0.3, -0.25) is 14.2 Å². The quantitative estimate of drug-likeness (QED) is 0.0695. The highest BCUT2D eigenvalue weighted by Gasteiger charge is 2.42. The molecule has 5 aromatic heterocycles. The summed E-state index contributed by atoms with van der Waals surface area (Å²) in [5.74, 6) is 0.838. The summed E-state index contributed by atoms with van der Waals surface area (Å²) in [6.45, 7) is 67.2. The van der Waals surface area contributed by atoms with E-state index in [9.17, 15) is 53.4 Å². The number of carboxylic acid groups (broad SMARTS) is 1. The number of carbonyl (C=O) groups excluding carboxylic acids is 1. The number of halogens is 3. The van der Waals surface area contributed by atoms with Crippen molar-refractivity contribution in [2.24, 2.45) is 28.2 Å². The molecule has 7 N–H and O–H groups in total. The van der Waals surface area contributed by atoms with Crippen molar-refractivity contribution in [1.82, 2.24) is 44.1 Å². The molecule has 0 aliphatic carbocycles. The van der Waals surface area contributed by atoms with Crippen LogP contribution in [0.25, 0.3) is 166 Å². The molecule has 0 fully saturated rings. The summed E-state index contributed by atoms with van der Waals surface area (Å²) in [7, 11) is 6.78. The molecule has 0 bridgehead atoms. The van der Waals surface area contributed by atoms with Gasteiger partial charge in [-0.15, -0.1) is 16.4 Å². The van der Waals surface area contributed by atoms with Gasteiger partial charge in [-0.1, -0.05) is 96.2 Å². The number of fused-ring (bicyclic) bond motifs is 7. The van der Waals surface area contributed by atoms with Crippen molar-refractivity contribution in [2.75, 3.05) is 6.79 Å². The van der Waals surface area contributed by atoms with E-state index in [1.54, 1.807) is 124 Å². The first-order valence-electron chi connectivity index (χ1n) is 44.6. The number of phenols is 6. The van der Waals surface area contributed by atoms with Crippen LogP contribution >= 0.6 is 11.3 Å². The van der Waals surface area contributed by atoms with Crippen LogP contribution in [0.15, 0.2) is 237 Å². The van der Waals surface area contributed by atoms with Crippen LogP contribution in [0.3, 0.4) is 0 Å². The Kier molecular flexibility index (Phi) is 28.6. The highest BCUT2D eigenvalue weighted by atomic mass is 32.1. The number of carboxylic acids is 1. The topological polar surface area (TPSA) is 318 Å². The second kappa shape index (κ2) is 41.4. The fraction of sp³-hybridized carbons (Fsp3) is 0.140. The van der Waals surface area contributed by atoms with Gasteiger partial charge in [0, 0.05) is 66.7 Å². The van der Waals surface area contributed by atoms with E-state index in [-0.39, 0.29) is 63.5 Å². The third-order valence-corrected chi connectivity index (χ3v) is 25.6. The lowest BCUT2D eigenvalue weighted by atomic mass is 9.95. The molecule has 28 nitrogen and oxygen atoms in total. The van der Waals surface area contributed by atoms with Gasteiger partial charge in [0.25, 0.3) is 0 Å². The standard InChI is InChI=1S/C18H11F3N2O3.C18H15NO3.2C16H13N3O.C16H12N2S.C15H12N4O.C15H11NO3/c1-22-11-5-10-7-15(18(19,20)21)23(2)16(10)13(8-11)9-3-4-12(17(25)26)14(24)6-9;1-10-5-6-11(7-15(10)20)13-8-12(19-4)9-14-16(13)22-18(2,3)17(14)21;1-10-4-5-11(6-16(10)20)13-7-12(17-2)8-15-14(13)9-19(3)18-15;1-10-4-5-11(6-16(10)20)13-7-12(17-2)8-15-14(13)9-18-19(15)3;1-10-11(2)19-16(18-10)15-9-13(17-3)8-12-6-4-5-7-14(12)15;1-9-4-5-10(6-14(9)20)12-7-11(16-2)8-13-15(12)19(3)18-17-13;1-9-3-4-10(5-13(9)17)12-6-11(16-2)7-14-15(12)19-8-18-14/h3-8,24H,2H3,(H,25,26);5-9,20H,1-3H3;2*4-9,20H,1,3H3;4-9H,1-2H3;4-8,20H,1,3H3;3-7,17H,8H2,1H3. The SMILES string of the molecule is [C-]#[N+]c1cc(-c2ccc(C(=O)O)c(O)c2)c2c(c1)cc(C(F)(F)F)n2C.[C-]#[N+]c1cc(-c2ccc(C)c(O)c2)c2c(c1)nnn2C.[C-]#[N+]c1cc(-c2ccc(C)c(O)c2)c2cn(C)nc2c1.[C-]#[N+]c1cc(-c2ccc(C)c(O)c2)c2cnn(C)c2c1.[C-]#[N+]c1cc(-c2nc(C)c(C)s2)c2ccccc2c1.[C-]#[N+]c1cc2c(c(-c3ccc(C)c(O)c3)c1)OC(C)(C)C2=O.[C-]#[N+]c1cc2c(c(-c3ccc(C)c(O)c3)c1)OCO2. The number of ketones is 1. The number of ether oxygens (including phenoxy) is 3. The number of aromatic nitrogens is 9. The van der Waals surface area contributed by atoms with Crippen LogP contribution in [-0.4, -0.2) is 104 Å². The van der Waals surface area contributed by atoms with Crippen LogP contribution in [-0.2, 0) is 34.4 Å². The Morgan fingerprint density at radius 1 is 0.438 bits per heavy atom. The first kappa shape index (κ1) is 101. The number of aromatic hydroxyl groups is 6. The Morgan fingerprint density at radius 3 is 1.36 bits per heavy atom. The molecular formula is C114H87F3N16O12S. The molecule has 0 saturated heterocycles. The molecule has 32 heteroatoms. The summed E-state index contributed by atoms with van der Waals surface area (Å²) in [6, 6.07) is 64.1. The van der Waals surface area contributed by atoms with Crippen LogP contribution in [0.4, 0.5) is 53.0 Å². The maximum absolute atomic E-state index is 13.2. The maximum atomic E-state index is 13.2. The van der Waals surface area contributed by atoms with Crippen molar-refractivity contribution in [3.05, 3.63) is 372 Å². The number of carbonyl (C=O) groups is 2. The van der Waals surface area contributed by atoms with E-state index in [2.05, 4.69) is 72.4 Å². The number of benzene rings is 14. The molecule has 14 aromatic carbocycles. The van der Waals surface area contributed by atoms with E-state index in [0.29, 0.717) is 79.1 Å². The zero-order valence-corrected chi connectivity index (χ0v) is 81.4. The number of hydrogen-bond acceptors (Lipinski definition) is 17. The maximum Gasteiger partial charge on any atom is 0.431 e. The Labute approximate surface area is 839 Å². The molecule has 0 unspecified atom stereocenters. The van der Waals surface area contributed by atoms with Gasteiger partial charge >= 0.3 is 12.1 Å². The first-order valence-corrected chi connectivity index (χ1v) is 45.4. The first-order chi connectivity index (χ1) is 69.6. The van der Waals surface area contributed by atoms with Crippen molar-refractivity contribution in [3.63, 3.8) is 0 Å². The van der Waals surface area contributed by atoms with E-state index in [4.69, 9.17) is 65.3 Å². The molecule has 19 aromatic rings. The lowest BCUT2D eigenvalue weighted by molar-refractivity contribution is -0.142. The van der Waals surface area contributed by atoms with Gasteiger partial charge in [-0.25, -0.2) is 48.4 Å². The largest absolute Gasteiger partial charge is 0.508 e. The van der Waals surface area contributed by atoms with Gasteiger partial charge in [0.1, 0.15) is 62.0 Å². The van der Waals surface area contributed by atoms with Crippen molar-refractivity contribution in [2.45, 2.75) is 74.1 Å². The minimum atomic E-state index is -4.57. The number of Topliss-reactive ketones (excluding diaryl/α,β-unsaturated/α-hetero) is 1. The summed E-state index contributed by atoms with van der Waals surface area (Å²) in [6.07, 6.45) is -0.858. The predicted molar refractivity (Wildman–Crippen MR) is 558 cm³/mol. The van der Waals surface area contributed by atoms with Crippen molar-refractivity contribution >= 4 is 117 Å². The van der Waals surface area contributed by atoms with Crippen LogP contribution in [0.1, 0.15) is 78.6 Å². The van der Waals surface area contributed by atoms with Gasteiger partial charge in [0.2, 0.25) is 12.6 Å². The molecule has 2 aliphatic rings. The molecular weight excluding hydrogens is 1870 g/mol. The van der Waals surface area contributed by atoms with Crippen molar-refractivity contribution < 1.29 is 72.7 Å². The second-order valence-electron chi connectivity index (χ2n) is 34.8. The Hall–Kier alpha value is -19.6. The number of nitrogens with zero attached hydrogens (tertiary/aromatic N) is 16. The van der Waals surface area contributed by atoms with Crippen molar-refractivity contribution in [3.8, 4) is 129 Å². The Bertz CT molecular complexity index is 8780. The van der Waals surface area contributed by atoms with E-state index < -0.39 is 29.2 Å². The smallest absolute Gasteiger partial charge is 0.431 e. The summed E-state index contributed by atoms with van der Waals surface area (Å²) >= 11 is 1.69. The van der Waals surface area contributed by atoms with Crippen LogP contribution < -0.4 is 14.2 Å². The van der Waals surface area contributed by atoms with E-state index >= 15 is 0 Å². The number of thiazole rings is 1. The number of phenolic OH excluding ortho intramolecular Hbond substituents is 5.